The number of fused-ring (bicyclic) bond motifs is 14. The number of para-hydroxylation sites is 1. The molecule has 0 saturated carbocycles. The van der Waals surface area contributed by atoms with Crippen LogP contribution in [0.25, 0.3) is 131 Å². The number of benzene rings is 9. The molecule has 14 rings (SSSR count). The first-order chi connectivity index (χ1) is 31.6. The number of furan rings is 1. The molecule has 13 aromatic rings. The predicted molar refractivity (Wildman–Crippen MR) is 268 cm³/mol. The third-order valence-electron chi connectivity index (χ3n) is 13.4. The molecule has 0 fully saturated rings. The molecule has 0 N–H and O–H groups in total. The Hall–Kier alpha value is -7.93. The van der Waals surface area contributed by atoms with Crippen LogP contribution in [0.1, 0.15) is 18.1 Å². The summed E-state index contributed by atoms with van der Waals surface area (Å²) in [4.78, 5) is 15.5. The number of hydrogen-bond acceptors (Lipinski definition) is 5. The predicted octanol–water partition coefficient (Wildman–Crippen LogP) is 15.7. The normalized spacial score (nSPS) is 14.2. The van der Waals surface area contributed by atoms with Crippen molar-refractivity contribution in [1.29, 1.82) is 0 Å². The molecule has 9 aromatic carbocycles. The molecule has 0 saturated heterocycles. The van der Waals surface area contributed by atoms with Gasteiger partial charge in [-0.05, 0) is 88.3 Å². The van der Waals surface area contributed by atoms with E-state index in [4.69, 9.17) is 19.4 Å². The molecule has 5 nitrogen and oxygen atoms in total. The van der Waals surface area contributed by atoms with E-state index in [9.17, 15) is 0 Å². The summed E-state index contributed by atoms with van der Waals surface area (Å²) in [5, 5.41) is 12.2. The minimum atomic E-state index is 0.215. The molecule has 1 unspecified atom stereocenters. The molecule has 0 amide bonds. The van der Waals surface area contributed by atoms with Crippen LogP contribution in [0.2, 0.25) is 0 Å². The lowest BCUT2D eigenvalue weighted by molar-refractivity contribution is 0.667. The van der Waals surface area contributed by atoms with Gasteiger partial charge in [-0.3, -0.25) is 0 Å². The van der Waals surface area contributed by atoms with E-state index in [0.717, 1.165) is 45.0 Å². The maximum atomic E-state index is 6.90. The summed E-state index contributed by atoms with van der Waals surface area (Å²) < 4.78 is 12.0. The molecule has 0 bridgehead atoms. The highest BCUT2D eigenvalue weighted by molar-refractivity contribution is 7.25. The van der Waals surface area contributed by atoms with Gasteiger partial charge in [0.05, 0.1) is 16.6 Å². The van der Waals surface area contributed by atoms with Crippen molar-refractivity contribution in [3.8, 4) is 34.2 Å². The number of hydrogen-bond donors (Lipinski definition) is 0. The molecule has 0 radical (unpaired) electrons. The monoisotopic (exact) mass is 836 g/mol. The first-order valence-corrected chi connectivity index (χ1v) is 22.7. The first kappa shape index (κ1) is 35.6. The number of thiophene rings is 1. The third kappa shape index (κ3) is 5.27. The molecular formula is C58H36N4OS. The Bertz CT molecular complexity index is 4140. The van der Waals surface area contributed by atoms with Crippen LogP contribution in [0.3, 0.4) is 0 Å². The fourth-order valence-corrected chi connectivity index (χ4v) is 11.5. The van der Waals surface area contributed by atoms with Crippen molar-refractivity contribution in [2.75, 3.05) is 0 Å². The average Bonchev–Trinajstić information content (AvgIpc) is 4.02. The van der Waals surface area contributed by atoms with Crippen molar-refractivity contribution in [3.05, 3.63) is 187 Å². The van der Waals surface area contributed by atoms with Gasteiger partial charge in [-0.15, -0.1) is 11.3 Å². The van der Waals surface area contributed by atoms with Crippen molar-refractivity contribution < 1.29 is 4.42 Å². The molecule has 64 heavy (non-hydrogen) atoms. The molecule has 4 heterocycles. The second-order valence-corrected chi connectivity index (χ2v) is 18.3. The van der Waals surface area contributed by atoms with Gasteiger partial charge < -0.3 is 8.98 Å². The zero-order chi connectivity index (χ0) is 42.0. The topological polar surface area (TPSA) is 56.7 Å². The largest absolute Gasteiger partial charge is 0.455 e. The zero-order valence-corrected chi connectivity index (χ0v) is 35.5. The lowest BCUT2D eigenvalue weighted by Gasteiger charge is -2.26. The van der Waals surface area contributed by atoms with Crippen LogP contribution < -0.4 is 0 Å². The van der Waals surface area contributed by atoms with Gasteiger partial charge in [0, 0.05) is 69.8 Å². The van der Waals surface area contributed by atoms with Gasteiger partial charge in [-0.25, -0.2) is 15.0 Å². The van der Waals surface area contributed by atoms with Crippen molar-refractivity contribution in [2.24, 2.45) is 5.92 Å². The molecule has 6 heteroatoms. The van der Waals surface area contributed by atoms with Crippen molar-refractivity contribution in [1.82, 2.24) is 19.5 Å². The molecule has 0 spiro atoms. The van der Waals surface area contributed by atoms with Crippen LogP contribution in [-0.4, -0.2) is 19.5 Å². The van der Waals surface area contributed by atoms with E-state index in [0.29, 0.717) is 17.5 Å². The van der Waals surface area contributed by atoms with Crippen molar-refractivity contribution >= 4 is 109 Å². The summed E-state index contributed by atoms with van der Waals surface area (Å²) in [5.74, 6) is 2.05. The summed E-state index contributed by atoms with van der Waals surface area (Å²) >= 11 is 1.81. The molecule has 1 aliphatic rings. The maximum absolute atomic E-state index is 6.90. The summed E-state index contributed by atoms with van der Waals surface area (Å²) in [5.41, 5.74) is 10.7. The van der Waals surface area contributed by atoms with Crippen molar-refractivity contribution in [2.45, 2.75) is 13.3 Å². The lowest BCUT2D eigenvalue weighted by Crippen LogP contribution is -2.14. The minimum Gasteiger partial charge on any atom is -0.455 e. The second-order valence-electron chi connectivity index (χ2n) is 17.2. The molecule has 4 aromatic heterocycles. The highest BCUT2D eigenvalue weighted by atomic mass is 32.1. The first-order valence-electron chi connectivity index (χ1n) is 21.9. The standard InChI is InChI=1S/C58H36N4OS/c1-33-28-45-38(32-48(33)62-49-31-37-16-6-5-15-36(37)29-46(49)42-25-22-34-12-7-8-17-40(34)54(42)62)23-26-50-53(45)43-19-11-20-44(55(43)63-50)58-60-56(35-13-3-2-4-14-35)59-57(61-58)39-24-27-52-47(30-39)41-18-9-10-21-51(41)64-52/h2-27,29-33H,28H2,1H3. The Morgan fingerprint density at radius 1 is 0.531 bits per heavy atom. The van der Waals surface area contributed by atoms with E-state index in [2.05, 4.69) is 175 Å². The fourth-order valence-electron chi connectivity index (χ4n) is 10.4. The Kier molecular flexibility index (Phi) is 7.54. The highest BCUT2D eigenvalue weighted by Crippen LogP contribution is 2.46. The molecule has 1 atom stereocenters. The van der Waals surface area contributed by atoms with Gasteiger partial charge in [0.25, 0.3) is 0 Å². The van der Waals surface area contributed by atoms with Gasteiger partial charge in [0.1, 0.15) is 11.2 Å². The Balaban J connectivity index is 0.959. The Labute approximate surface area is 371 Å². The van der Waals surface area contributed by atoms with Gasteiger partial charge in [-0.1, -0.05) is 134 Å². The van der Waals surface area contributed by atoms with Crippen LogP contribution in [0.4, 0.5) is 0 Å². The Morgan fingerprint density at radius 3 is 2.12 bits per heavy atom. The average molecular weight is 837 g/mol. The van der Waals surface area contributed by atoms with Crippen LogP contribution in [0, 0.1) is 5.92 Å². The fraction of sp³-hybridized carbons (Fsp3) is 0.0517. The van der Waals surface area contributed by atoms with Crippen LogP contribution >= 0.6 is 11.3 Å². The maximum Gasteiger partial charge on any atom is 0.167 e. The summed E-state index contributed by atoms with van der Waals surface area (Å²) in [6.45, 7) is 2.37. The van der Waals surface area contributed by atoms with E-state index in [1.165, 1.54) is 80.3 Å². The number of aromatic nitrogens is 4. The number of allylic oxidation sites excluding steroid dienone is 1. The van der Waals surface area contributed by atoms with E-state index in [-0.39, 0.29) is 5.92 Å². The molecule has 1 aliphatic carbocycles. The van der Waals surface area contributed by atoms with E-state index in [1.807, 2.05) is 29.5 Å². The number of nitrogens with zero attached hydrogens (tertiary/aromatic N) is 4. The van der Waals surface area contributed by atoms with Gasteiger partial charge in [-0.2, -0.15) is 0 Å². The second kappa shape index (κ2) is 13.5. The smallest absolute Gasteiger partial charge is 0.167 e. The van der Waals surface area contributed by atoms with Crippen LogP contribution in [0.15, 0.2) is 180 Å². The van der Waals surface area contributed by atoms with E-state index >= 15 is 0 Å². The molecule has 0 aliphatic heterocycles. The minimum absolute atomic E-state index is 0.215. The lowest BCUT2D eigenvalue weighted by atomic mass is 9.85. The Morgan fingerprint density at radius 2 is 1.25 bits per heavy atom. The zero-order valence-electron chi connectivity index (χ0n) is 34.7. The summed E-state index contributed by atoms with van der Waals surface area (Å²) in [6, 6.07) is 62.9. The van der Waals surface area contributed by atoms with Crippen LogP contribution in [-0.2, 0) is 6.42 Å². The van der Waals surface area contributed by atoms with E-state index < -0.39 is 0 Å². The third-order valence-corrected chi connectivity index (χ3v) is 14.6. The number of rotatable bonds is 4. The SMILES string of the molecule is CC1Cc2c(ccc3oc4c(-c5nc(-c6ccccc6)nc(-c6ccc7sc8ccccc8c7c6)n5)cccc4c23)C=C1n1c2cc3ccccc3cc2c2ccc3ccccc3c21. The quantitative estimate of drug-likeness (QED) is 0.177. The highest BCUT2D eigenvalue weighted by Gasteiger charge is 2.28. The molecular weight excluding hydrogens is 801 g/mol. The summed E-state index contributed by atoms with van der Waals surface area (Å²) in [6.07, 6.45) is 3.30. The van der Waals surface area contributed by atoms with Gasteiger partial charge in [0.15, 0.2) is 17.5 Å². The van der Waals surface area contributed by atoms with Crippen LogP contribution in [0.5, 0.6) is 0 Å². The molecule has 300 valence electrons. The van der Waals surface area contributed by atoms with Gasteiger partial charge >= 0.3 is 0 Å². The van der Waals surface area contributed by atoms with Gasteiger partial charge in [0.2, 0.25) is 0 Å². The van der Waals surface area contributed by atoms with E-state index in [1.54, 1.807) is 0 Å². The summed E-state index contributed by atoms with van der Waals surface area (Å²) in [7, 11) is 0. The van der Waals surface area contributed by atoms with Crippen molar-refractivity contribution in [3.63, 3.8) is 0 Å².